The van der Waals surface area contributed by atoms with Crippen LogP contribution in [0.3, 0.4) is 0 Å². The molecule has 1 aromatic heterocycles. The van der Waals surface area contributed by atoms with Crippen molar-refractivity contribution in [3.05, 3.63) is 46.8 Å². The van der Waals surface area contributed by atoms with Gasteiger partial charge in [0.2, 0.25) is 0 Å². The zero-order valence-electron chi connectivity index (χ0n) is 14.7. The number of carbonyl (C=O) groups is 1. The Labute approximate surface area is 138 Å². The van der Waals surface area contributed by atoms with Crippen LogP contribution in [0, 0.1) is 26.7 Å². The van der Waals surface area contributed by atoms with Crippen molar-refractivity contribution in [1.29, 1.82) is 0 Å². The van der Waals surface area contributed by atoms with Crippen LogP contribution < -0.4 is 4.74 Å². The van der Waals surface area contributed by atoms with E-state index in [1.165, 1.54) is 10.2 Å². The van der Waals surface area contributed by atoms with E-state index in [4.69, 9.17) is 4.74 Å². The molecule has 0 saturated heterocycles. The van der Waals surface area contributed by atoms with Gasteiger partial charge in [0.05, 0.1) is 5.69 Å². The van der Waals surface area contributed by atoms with E-state index in [1.807, 2.05) is 45.0 Å². The maximum atomic E-state index is 12.4. The van der Waals surface area contributed by atoms with Gasteiger partial charge in [-0.1, -0.05) is 26.0 Å². The van der Waals surface area contributed by atoms with Crippen molar-refractivity contribution < 1.29 is 9.53 Å². The second kappa shape index (κ2) is 7.44. The molecule has 0 amide bonds. The van der Waals surface area contributed by atoms with Crippen molar-refractivity contribution in [3.8, 4) is 5.75 Å². The predicted octanol–water partition coefficient (Wildman–Crippen LogP) is 4.12. The molecule has 23 heavy (non-hydrogen) atoms. The van der Waals surface area contributed by atoms with Gasteiger partial charge in [-0.25, -0.2) is 4.68 Å². The Kier molecular flexibility index (Phi) is 5.59. The lowest BCUT2D eigenvalue weighted by molar-refractivity contribution is 0.0818. The third-order valence-electron chi connectivity index (χ3n) is 4.00. The highest BCUT2D eigenvalue weighted by atomic mass is 16.5. The molecule has 1 heterocycles. The van der Waals surface area contributed by atoms with Gasteiger partial charge in [-0.05, 0) is 62.8 Å². The highest BCUT2D eigenvalue weighted by molar-refractivity contribution is 5.80. The molecule has 0 aliphatic rings. The van der Waals surface area contributed by atoms with Crippen molar-refractivity contribution in [1.82, 2.24) is 9.78 Å². The number of nitrogens with zero attached hydrogens (tertiary/aromatic N) is 2. The van der Waals surface area contributed by atoms with Gasteiger partial charge in [-0.2, -0.15) is 5.10 Å². The Hall–Kier alpha value is -2.10. The van der Waals surface area contributed by atoms with Crippen LogP contribution in [-0.2, 0) is 6.42 Å². The Morgan fingerprint density at radius 1 is 1.26 bits per heavy atom. The third-order valence-corrected chi connectivity index (χ3v) is 4.00. The maximum Gasteiger partial charge on any atom is 0.284 e. The van der Waals surface area contributed by atoms with Gasteiger partial charge in [0.25, 0.3) is 5.91 Å². The molecule has 1 aromatic carbocycles. The van der Waals surface area contributed by atoms with E-state index < -0.39 is 0 Å². The lowest BCUT2D eigenvalue weighted by Crippen LogP contribution is -2.21. The minimum absolute atomic E-state index is 0.00493. The van der Waals surface area contributed by atoms with Crippen molar-refractivity contribution in [2.24, 2.45) is 5.92 Å². The van der Waals surface area contributed by atoms with Crippen molar-refractivity contribution in [2.45, 2.75) is 47.5 Å². The molecular formula is C19H26N2O2. The normalized spacial score (nSPS) is 11.0. The van der Waals surface area contributed by atoms with Gasteiger partial charge in [-0.3, -0.25) is 4.79 Å². The molecule has 0 spiro atoms. The van der Waals surface area contributed by atoms with E-state index in [9.17, 15) is 4.79 Å². The molecule has 0 unspecified atom stereocenters. The summed E-state index contributed by atoms with van der Waals surface area (Å²) in [5.41, 5.74) is 4.16. The first-order chi connectivity index (χ1) is 10.9. The van der Waals surface area contributed by atoms with Gasteiger partial charge in [0.1, 0.15) is 5.75 Å². The van der Waals surface area contributed by atoms with Crippen LogP contribution in [-0.4, -0.2) is 22.3 Å². The van der Waals surface area contributed by atoms with E-state index in [1.54, 1.807) is 0 Å². The zero-order valence-corrected chi connectivity index (χ0v) is 14.7. The highest BCUT2D eigenvalue weighted by Crippen LogP contribution is 2.18. The van der Waals surface area contributed by atoms with E-state index in [-0.39, 0.29) is 12.5 Å². The standard InChI is InChI=1S/C19H26N2O2/c1-13(2)9-10-18-15(4)20-21(16(18)5)19(22)12-23-17-8-6-7-14(3)11-17/h6-8,11,13H,9-10,12H2,1-5H3. The van der Waals surface area contributed by atoms with E-state index in [2.05, 4.69) is 18.9 Å². The molecule has 0 aliphatic heterocycles. The summed E-state index contributed by atoms with van der Waals surface area (Å²) in [5.74, 6) is 1.21. The number of aryl methyl sites for hydroxylation is 2. The second-order valence-corrected chi connectivity index (χ2v) is 6.49. The number of hydrogen-bond acceptors (Lipinski definition) is 3. The number of carbonyl (C=O) groups excluding carboxylic acids is 1. The van der Waals surface area contributed by atoms with Gasteiger partial charge >= 0.3 is 0 Å². The Morgan fingerprint density at radius 3 is 2.65 bits per heavy atom. The summed E-state index contributed by atoms with van der Waals surface area (Å²) in [7, 11) is 0. The van der Waals surface area contributed by atoms with Crippen LogP contribution in [0.15, 0.2) is 24.3 Å². The molecule has 0 bridgehead atoms. The molecule has 0 radical (unpaired) electrons. The van der Waals surface area contributed by atoms with Gasteiger partial charge < -0.3 is 4.74 Å². The topological polar surface area (TPSA) is 44.1 Å². The first kappa shape index (κ1) is 17.3. The Bertz CT molecular complexity index is 687. The van der Waals surface area contributed by atoms with Crippen LogP contribution in [0.25, 0.3) is 0 Å². The summed E-state index contributed by atoms with van der Waals surface area (Å²) in [4.78, 5) is 12.4. The van der Waals surface area contributed by atoms with Crippen molar-refractivity contribution in [3.63, 3.8) is 0 Å². The third kappa shape index (κ3) is 4.44. The maximum absolute atomic E-state index is 12.4. The predicted molar refractivity (Wildman–Crippen MR) is 92.2 cm³/mol. The van der Waals surface area contributed by atoms with Crippen LogP contribution in [0.5, 0.6) is 5.75 Å². The Morgan fingerprint density at radius 2 is 2.00 bits per heavy atom. The zero-order chi connectivity index (χ0) is 17.0. The van der Waals surface area contributed by atoms with E-state index in [0.29, 0.717) is 11.7 Å². The fourth-order valence-corrected chi connectivity index (χ4v) is 2.62. The average Bonchev–Trinajstić information content (AvgIpc) is 2.77. The van der Waals surface area contributed by atoms with E-state index in [0.717, 1.165) is 29.8 Å². The lowest BCUT2D eigenvalue weighted by atomic mass is 10.0. The smallest absolute Gasteiger partial charge is 0.284 e. The number of rotatable bonds is 6. The number of aromatic nitrogens is 2. The molecule has 0 aliphatic carbocycles. The van der Waals surface area contributed by atoms with E-state index >= 15 is 0 Å². The summed E-state index contributed by atoms with van der Waals surface area (Å²) in [6.45, 7) is 10.3. The molecule has 0 fully saturated rings. The fourth-order valence-electron chi connectivity index (χ4n) is 2.62. The molecule has 0 N–H and O–H groups in total. The number of ether oxygens (including phenoxy) is 1. The van der Waals surface area contributed by atoms with Gasteiger partial charge in [-0.15, -0.1) is 0 Å². The minimum atomic E-state index is -0.136. The van der Waals surface area contributed by atoms with Crippen LogP contribution in [0.1, 0.15) is 47.6 Å². The van der Waals surface area contributed by atoms with Crippen LogP contribution >= 0.6 is 0 Å². The molecule has 2 rings (SSSR count). The monoisotopic (exact) mass is 314 g/mol. The molecule has 4 heteroatoms. The summed E-state index contributed by atoms with van der Waals surface area (Å²) in [6.07, 6.45) is 2.06. The molecule has 0 atom stereocenters. The molecule has 0 saturated carbocycles. The van der Waals surface area contributed by atoms with Gasteiger partial charge in [0.15, 0.2) is 6.61 Å². The molecule has 4 nitrogen and oxygen atoms in total. The van der Waals surface area contributed by atoms with Crippen LogP contribution in [0.4, 0.5) is 0 Å². The SMILES string of the molecule is Cc1cccc(OCC(=O)n2nc(C)c(CCC(C)C)c2C)c1. The average molecular weight is 314 g/mol. The summed E-state index contributed by atoms with van der Waals surface area (Å²) in [5, 5.41) is 4.41. The minimum Gasteiger partial charge on any atom is -0.484 e. The number of hydrogen-bond donors (Lipinski definition) is 0. The quantitative estimate of drug-likeness (QED) is 0.805. The van der Waals surface area contributed by atoms with Crippen molar-refractivity contribution >= 4 is 5.91 Å². The first-order valence-electron chi connectivity index (χ1n) is 8.16. The molecular weight excluding hydrogens is 288 g/mol. The highest BCUT2D eigenvalue weighted by Gasteiger charge is 2.17. The Balaban J connectivity index is 2.06. The fraction of sp³-hybridized carbons (Fsp3) is 0.474. The molecule has 124 valence electrons. The summed E-state index contributed by atoms with van der Waals surface area (Å²) < 4.78 is 7.08. The van der Waals surface area contributed by atoms with Crippen LogP contribution in [0.2, 0.25) is 0 Å². The lowest BCUT2D eigenvalue weighted by Gasteiger charge is -2.08. The van der Waals surface area contributed by atoms with Crippen molar-refractivity contribution in [2.75, 3.05) is 6.61 Å². The summed E-state index contributed by atoms with van der Waals surface area (Å²) >= 11 is 0. The largest absolute Gasteiger partial charge is 0.484 e. The summed E-state index contributed by atoms with van der Waals surface area (Å²) in [6, 6.07) is 7.69. The second-order valence-electron chi connectivity index (χ2n) is 6.49. The van der Waals surface area contributed by atoms with Gasteiger partial charge in [0, 0.05) is 5.69 Å². The molecule has 2 aromatic rings. The number of benzene rings is 1. The first-order valence-corrected chi connectivity index (χ1v) is 8.16.